The third-order valence-electron chi connectivity index (χ3n) is 5.77. The fourth-order valence-corrected chi connectivity index (χ4v) is 6.06. The van der Waals surface area contributed by atoms with Crippen molar-refractivity contribution in [2.45, 2.75) is 39.4 Å². The molecule has 2 N–H and O–H groups in total. The maximum atomic E-state index is 13.2. The molecule has 8 nitrogen and oxygen atoms in total. The molecule has 0 fully saturated rings. The molecular weight excluding hydrogens is 543 g/mol. The van der Waals surface area contributed by atoms with Gasteiger partial charge in [-0.15, -0.1) is 22.7 Å². The molecule has 0 unspecified atom stereocenters. The molecular formula is C24H24Cl2N4O4S2. The summed E-state index contributed by atoms with van der Waals surface area (Å²) in [5, 5.41) is 6.14. The highest BCUT2D eigenvalue weighted by atomic mass is 35.5. The third-order valence-corrected chi connectivity index (χ3v) is 8.42. The first-order chi connectivity index (χ1) is 17.2. The van der Waals surface area contributed by atoms with Gasteiger partial charge < -0.3 is 15.4 Å². The van der Waals surface area contributed by atoms with Crippen LogP contribution in [-0.2, 0) is 24.2 Å². The van der Waals surface area contributed by atoms with Gasteiger partial charge in [-0.05, 0) is 38.1 Å². The maximum absolute atomic E-state index is 13.2. The number of hydrogen-bond donors (Lipinski definition) is 2. The minimum atomic E-state index is -0.602. The van der Waals surface area contributed by atoms with E-state index in [9.17, 15) is 14.4 Å². The minimum absolute atomic E-state index is 0.0158. The van der Waals surface area contributed by atoms with Gasteiger partial charge in [0.1, 0.15) is 0 Å². The zero-order valence-electron chi connectivity index (χ0n) is 19.8. The number of amides is 2. The Balaban J connectivity index is 1.58. The first kappa shape index (κ1) is 26.6. The molecule has 12 heteroatoms. The van der Waals surface area contributed by atoms with Gasteiger partial charge in [-0.1, -0.05) is 23.2 Å². The van der Waals surface area contributed by atoms with Crippen LogP contribution in [0.15, 0.2) is 24.3 Å². The van der Waals surface area contributed by atoms with Gasteiger partial charge in [-0.25, -0.2) is 9.78 Å². The molecule has 3 aromatic rings. The number of carbonyl (C=O) groups excluding carboxylic acids is 3. The van der Waals surface area contributed by atoms with Crippen LogP contribution in [0, 0.1) is 0 Å². The standard InChI is InChI=1S/C24H24Cl2N4O4S2/c1-12(2)30-7-6-16-19(11-30)36-23(29-16)22(32)28-17-9-13(24(33)34-3)8-15(25)14(17)10-27-21(31)18-4-5-20(26)35-18/h4-5,8-9,12H,6-7,10-11H2,1-3H3,(H,27,31)(H,28,32). The van der Waals surface area contributed by atoms with Crippen molar-refractivity contribution in [1.82, 2.24) is 15.2 Å². The highest BCUT2D eigenvalue weighted by Gasteiger charge is 2.25. The molecule has 36 heavy (non-hydrogen) atoms. The zero-order valence-corrected chi connectivity index (χ0v) is 23.0. The molecule has 0 saturated heterocycles. The Hall–Kier alpha value is -2.50. The predicted molar refractivity (Wildman–Crippen MR) is 143 cm³/mol. The second-order valence-electron chi connectivity index (χ2n) is 8.42. The van der Waals surface area contributed by atoms with Crippen LogP contribution >= 0.6 is 45.9 Å². The van der Waals surface area contributed by atoms with Crippen LogP contribution in [0.4, 0.5) is 5.69 Å². The fraction of sp³-hybridized carbons (Fsp3) is 0.333. The van der Waals surface area contributed by atoms with Gasteiger partial charge in [0.2, 0.25) is 0 Å². The lowest BCUT2D eigenvalue weighted by molar-refractivity contribution is 0.0600. The Morgan fingerprint density at radius 2 is 1.94 bits per heavy atom. The smallest absolute Gasteiger partial charge is 0.337 e. The normalized spacial score (nSPS) is 13.4. The predicted octanol–water partition coefficient (Wildman–Crippen LogP) is 5.25. The number of aromatic nitrogens is 1. The topological polar surface area (TPSA) is 101 Å². The molecule has 0 saturated carbocycles. The summed E-state index contributed by atoms with van der Waals surface area (Å²) >= 11 is 14.9. The van der Waals surface area contributed by atoms with Crippen molar-refractivity contribution in [2.24, 2.45) is 0 Å². The van der Waals surface area contributed by atoms with Gasteiger partial charge in [0.25, 0.3) is 11.8 Å². The highest BCUT2D eigenvalue weighted by molar-refractivity contribution is 7.18. The molecule has 3 heterocycles. The van der Waals surface area contributed by atoms with Crippen molar-refractivity contribution >= 4 is 69.3 Å². The number of nitrogens with zero attached hydrogens (tertiary/aromatic N) is 2. The second-order valence-corrected chi connectivity index (χ2v) is 11.6. The number of carbonyl (C=O) groups is 3. The monoisotopic (exact) mass is 566 g/mol. The number of benzene rings is 1. The van der Waals surface area contributed by atoms with Gasteiger partial charge in [-0.3, -0.25) is 14.5 Å². The molecule has 1 aliphatic rings. The fourth-order valence-electron chi connectivity index (χ4n) is 3.78. The van der Waals surface area contributed by atoms with E-state index in [1.807, 2.05) is 0 Å². The number of thiazole rings is 1. The van der Waals surface area contributed by atoms with Crippen LogP contribution in [0.2, 0.25) is 9.36 Å². The number of fused-ring (bicyclic) bond motifs is 1. The largest absolute Gasteiger partial charge is 0.465 e. The van der Waals surface area contributed by atoms with E-state index in [0.29, 0.717) is 25.8 Å². The van der Waals surface area contributed by atoms with Gasteiger partial charge in [-0.2, -0.15) is 0 Å². The minimum Gasteiger partial charge on any atom is -0.465 e. The number of nitrogens with one attached hydrogen (secondary N) is 2. The quantitative estimate of drug-likeness (QED) is 0.379. The summed E-state index contributed by atoms with van der Waals surface area (Å²) in [6.45, 7) is 5.95. The lowest BCUT2D eigenvalue weighted by atomic mass is 10.1. The van der Waals surface area contributed by atoms with Crippen molar-refractivity contribution in [2.75, 3.05) is 19.0 Å². The van der Waals surface area contributed by atoms with Gasteiger partial charge in [0.05, 0.1) is 27.6 Å². The highest BCUT2D eigenvalue weighted by Crippen LogP contribution is 2.30. The van der Waals surface area contributed by atoms with Crippen LogP contribution in [0.5, 0.6) is 0 Å². The van der Waals surface area contributed by atoms with Gasteiger partial charge in [0.15, 0.2) is 5.01 Å². The molecule has 0 atom stereocenters. The van der Waals surface area contributed by atoms with Crippen LogP contribution in [0.1, 0.15) is 59.8 Å². The third kappa shape index (κ3) is 5.90. The van der Waals surface area contributed by atoms with E-state index in [2.05, 4.69) is 34.4 Å². The van der Waals surface area contributed by atoms with Crippen LogP contribution in [0.3, 0.4) is 0 Å². The van der Waals surface area contributed by atoms with Crippen molar-refractivity contribution < 1.29 is 19.1 Å². The number of rotatable bonds is 7. The number of hydrogen-bond acceptors (Lipinski definition) is 8. The average molecular weight is 568 g/mol. The van der Waals surface area contributed by atoms with Gasteiger partial charge in [0, 0.05) is 53.2 Å². The molecule has 190 valence electrons. The SMILES string of the molecule is COC(=O)c1cc(Cl)c(CNC(=O)c2ccc(Cl)s2)c(NC(=O)c2nc3c(s2)CN(C(C)C)CC3)c1. The Morgan fingerprint density at radius 1 is 1.17 bits per heavy atom. The second kappa shape index (κ2) is 11.3. The Bertz CT molecular complexity index is 1320. The van der Waals surface area contributed by atoms with E-state index in [1.165, 1.54) is 30.6 Å². The Morgan fingerprint density at radius 3 is 2.61 bits per heavy atom. The van der Waals surface area contributed by atoms with E-state index >= 15 is 0 Å². The molecule has 0 aliphatic carbocycles. The first-order valence-corrected chi connectivity index (χ1v) is 13.5. The zero-order chi connectivity index (χ0) is 26.0. The molecule has 4 rings (SSSR count). The van der Waals surface area contributed by atoms with Crippen molar-refractivity contribution in [3.05, 3.63) is 65.2 Å². The number of halogens is 2. The number of thiophene rings is 1. The molecule has 0 radical (unpaired) electrons. The molecule has 0 bridgehead atoms. The number of ether oxygens (including phenoxy) is 1. The number of methoxy groups -OCH3 is 1. The van der Waals surface area contributed by atoms with E-state index in [0.717, 1.165) is 41.4 Å². The lowest BCUT2D eigenvalue weighted by Gasteiger charge is -2.29. The first-order valence-electron chi connectivity index (χ1n) is 11.1. The summed E-state index contributed by atoms with van der Waals surface area (Å²) < 4.78 is 5.31. The van der Waals surface area contributed by atoms with Crippen molar-refractivity contribution in [3.63, 3.8) is 0 Å². The average Bonchev–Trinajstić information content (AvgIpc) is 3.48. The van der Waals surface area contributed by atoms with E-state index in [4.69, 9.17) is 27.9 Å². The summed E-state index contributed by atoms with van der Waals surface area (Å²) in [7, 11) is 1.26. The van der Waals surface area contributed by atoms with Gasteiger partial charge >= 0.3 is 5.97 Å². The lowest BCUT2D eigenvalue weighted by Crippen LogP contribution is -2.35. The van der Waals surface area contributed by atoms with E-state index < -0.39 is 11.9 Å². The van der Waals surface area contributed by atoms with E-state index in [-0.39, 0.29) is 28.7 Å². The summed E-state index contributed by atoms with van der Waals surface area (Å²) in [4.78, 5) is 46.3. The van der Waals surface area contributed by atoms with Crippen LogP contribution in [-0.4, -0.2) is 47.4 Å². The summed E-state index contributed by atoms with van der Waals surface area (Å²) in [5.74, 6) is -1.35. The van der Waals surface area contributed by atoms with Crippen LogP contribution < -0.4 is 10.6 Å². The van der Waals surface area contributed by atoms with Crippen molar-refractivity contribution in [1.29, 1.82) is 0 Å². The van der Waals surface area contributed by atoms with Crippen molar-refractivity contribution in [3.8, 4) is 0 Å². The van der Waals surface area contributed by atoms with E-state index in [1.54, 1.807) is 12.1 Å². The Labute approximate surface area is 226 Å². The maximum Gasteiger partial charge on any atom is 0.337 e. The molecule has 2 amide bonds. The number of esters is 1. The van der Waals surface area contributed by atoms with Crippen LogP contribution in [0.25, 0.3) is 0 Å². The molecule has 0 spiro atoms. The molecule has 2 aromatic heterocycles. The molecule has 1 aromatic carbocycles. The summed E-state index contributed by atoms with van der Waals surface area (Å²) in [6, 6.07) is 6.59. The molecule has 1 aliphatic heterocycles. The number of anilines is 1. The summed E-state index contributed by atoms with van der Waals surface area (Å²) in [6.07, 6.45) is 0.783. The summed E-state index contributed by atoms with van der Waals surface area (Å²) in [5.41, 5.74) is 1.84. The Kier molecular flexibility index (Phi) is 8.31.